The second-order valence-electron chi connectivity index (χ2n) is 6.21. The number of nitrogens with two attached hydrogens (primary N) is 1. The maximum Gasteiger partial charge on any atom is 0.277 e. The maximum atomic E-state index is 12.8. The minimum absolute atomic E-state index is 0.248. The fourth-order valence-electron chi connectivity index (χ4n) is 3.09. The van der Waals surface area contributed by atoms with Gasteiger partial charge in [-0.05, 0) is 24.0 Å². The molecule has 0 saturated heterocycles. The number of primary amides is 1. The number of benzene rings is 1. The van der Waals surface area contributed by atoms with Crippen LogP contribution in [0.4, 0.5) is 0 Å². The lowest BCUT2D eigenvalue weighted by Crippen LogP contribution is -2.51. The summed E-state index contributed by atoms with van der Waals surface area (Å²) in [7, 11) is 0. The summed E-state index contributed by atoms with van der Waals surface area (Å²) in [5, 5.41) is 3.88. The summed E-state index contributed by atoms with van der Waals surface area (Å²) >= 11 is 0. The molecule has 0 bridgehead atoms. The van der Waals surface area contributed by atoms with Crippen LogP contribution in [0.1, 0.15) is 46.1 Å². The molecule has 0 unspecified atom stereocenters. The Hall–Kier alpha value is -2.63. The highest BCUT2D eigenvalue weighted by atomic mass is 16.5. The van der Waals surface area contributed by atoms with E-state index in [0.29, 0.717) is 18.9 Å². The topological polar surface area (TPSA) is 89.4 Å². The third-order valence-corrected chi connectivity index (χ3v) is 4.57. The number of rotatable bonds is 3. The van der Waals surface area contributed by atoms with Crippen LogP contribution in [0.2, 0.25) is 0 Å². The molecular weight excluding hydrogens is 294 g/mol. The molecular formula is C17H17N3O3. The number of carbonyl (C=O) groups excluding carboxylic acids is 2. The molecule has 1 aliphatic carbocycles. The third-order valence-electron chi connectivity index (χ3n) is 4.57. The average Bonchev–Trinajstić information content (AvgIpc) is 3.30. The van der Waals surface area contributed by atoms with Crippen LogP contribution in [0.5, 0.6) is 0 Å². The Labute approximate surface area is 133 Å². The Morgan fingerprint density at radius 1 is 1.22 bits per heavy atom. The van der Waals surface area contributed by atoms with Crippen LogP contribution in [-0.2, 0) is 17.8 Å². The van der Waals surface area contributed by atoms with Gasteiger partial charge in [-0.3, -0.25) is 9.59 Å². The maximum absolute atomic E-state index is 12.8. The molecule has 4 rings (SSSR count). The summed E-state index contributed by atoms with van der Waals surface area (Å²) < 4.78 is 5.25. The molecule has 23 heavy (non-hydrogen) atoms. The van der Waals surface area contributed by atoms with Gasteiger partial charge in [0, 0.05) is 24.9 Å². The molecule has 2 aliphatic rings. The standard InChI is InChI=1S/C17H17N3O3/c18-16(21)14-7-11-3-1-2-4-12(11)9-20(14)17(22)13-8-15(23-19-13)10-5-6-10/h1-4,8,10,14H,5-7,9H2,(H2,18,21)/t14-/m0/s1. The van der Waals surface area contributed by atoms with E-state index in [4.69, 9.17) is 10.3 Å². The van der Waals surface area contributed by atoms with Gasteiger partial charge in [0.1, 0.15) is 11.8 Å². The molecule has 2 N–H and O–H groups in total. The monoisotopic (exact) mass is 311 g/mol. The predicted octanol–water partition coefficient (Wildman–Crippen LogP) is 1.60. The van der Waals surface area contributed by atoms with Gasteiger partial charge in [0.15, 0.2) is 5.69 Å². The van der Waals surface area contributed by atoms with Crippen LogP contribution in [0.15, 0.2) is 34.9 Å². The van der Waals surface area contributed by atoms with Crippen molar-refractivity contribution in [3.8, 4) is 0 Å². The smallest absolute Gasteiger partial charge is 0.277 e. The number of amides is 2. The second-order valence-corrected chi connectivity index (χ2v) is 6.21. The second kappa shape index (κ2) is 5.22. The first-order valence-corrected chi connectivity index (χ1v) is 7.77. The van der Waals surface area contributed by atoms with E-state index in [1.165, 1.54) is 4.90 Å². The van der Waals surface area contributed by atoms with Crippen molar-refractivity contribution in [1.29, 1.82) is 0 Å². The molecule has 2 aromatic rings. The number of hydrogen-bond donors (Lipinski definition) is 1. The number of aromatic nitrogens is 1. The van der Waals surface area contributed by atoms with Gasteiger partial charge in [-0.1, -0.05) is 29.4 Å². The van der Waals surface area contributed by atoms with E-state index in [9.17, 15) is 9.59 Å². The largest absolute Gasteiger partial charge is 0.368 e. The van der Waals surface area contributed by atoms with Gasteiger partial charge in [0.2, 0.25) is 5.91 Å². The van der Waals surface area contributed by atoms with Crippen molar-refractivity contribution < 1.29 is 14.1 Å². The van der Waals surface area contributed by atoms with E-state index in [0.717, 1.165) is 29.7 Å². The van der Waals surface area contributed by atoms with Crippen molar-refractivity contribution in [2.45, 2.75) is 37.8 Å². The minimum Gasteiger partial charge on any atom is -0.368 e. The zero-order valence-corrected chi connectivity index (χ0v) is 12.6. The van der Waals surface area contributed by atoms with E-state index >= 15 is 0 Å². The average molecular weight is 311 g/mol. The molecule has 1 aliphatic heterocycles. The molecule has 2 amide bonds. The Morgan fingerprint density at radius 2 is 1.96 bits per heavy atom. The van der Waals surface area contributed by atoms with Gasteiger partial charge < -0.3 is 15.2 Å². The van der Waals surface area contributed by atoms with Crippen LogP contribution in [-0.4, -0.2) is 27.9 Å². The van der Waals surface area contributed by atoms with E-state index in [-0.39, 0.29) is 11.6 Å². The van der Waals surface area contributed by atoms with Crippen molar-refractivity contribution in [2.24, 2.45) is 5.73 Å². The summed E-state index contributed by atoms with van der Waals surface area (Å²) in [4.78, 5) is 26.1. The first-order chi connectivity index (χ1) is 11.1. The van der Waals surface area contributed by atoms with Gasteiger partial charge >= 0.3 is 0 Å². The van der Waals surface area contributed by atoms with Gasteiger partial charge in [0.05, 0.1) is 0 Å². The molecule has 1 aromatic heterocycles. The fraction of sp³-hybridized carbons (Fsp3) is 0.353. The summed E-state index contributed by atoms with van der Waals surface area (Å²) in [5.41, 5.74) is 7.85. The van der Waals surface area contributed by atoms with Crippen LogP contribution in [0, 0.1) is 0 Å². The molecule has 1 aromatic carbocycles. The van der Waals surface area contributed by atoms with Crippen molar-refractivity contribution in [3.63, 3.8) is 0 Å². The fourth-order valence-corrected chi connectivity index (χ4v) is 3.09. The molecule has 6 nitrogen and oxygen atoms in total. The molecule has 6 heteroatoms. The summed E-state index contributed by atoms with van der Waals surface area (Å²) in [6, 6.07) is 8.82. The van der Waals surface area contributed by atoms with Gasteiger partial charge in [0.25, 0.3) is 5.91 Å². The van der Waals surface area contributed by atoms with Crippen molar-refractivity contribution in [3.05, 3.63) is 52.9 Å². The molecule has 118 valence electrons. The third kappa shape index (κ3) is 2.50. The van der Waals surface area contributed by atoms with Crippen LogP contribution in [0.25, 0.3) is 0 Å². The van der Waals surface area contributed by atoms with Crippen LogP contribution < -0.4 is 5.73 Å². The molecule has 1 saturated carbocycles. The lowest BCUT2D eigenvalue weighted by molar-refractivity contribution is -0.122. The lowest BCUT2D eigenvalue weighted by atomic mass is 9.93. The van der Waals surface area contributed by atoms with E-state index in [1.807, 2.05) is 24.3 Å². The van der Waals surface area contributed by atoms with Crippen molar-refractivity contribution >= 4 is 11.8 Å². The van der Waals surface area contributed by atoms with Crippen LogP contribution >= 0.6 is 0 Å². The zero-order chi connectivity index (χ0) is 16.0. The first kappa shape index (κ1) is 14.0. The summed E-state index contributed by atoms with van der Waals surface area (Å²) in [6.45, 7) is 0.355. The van der Waals surface area contributed by atoms with Gasteiger partial charge in [-0.25, -0.2) is 0 Å². The quantitative estimate of drug-likeness (QED) is 0.932. The van der Waals surface area contributed by atoms with E-state index in [2.05, 4.69) is 5.16 Å². The van der Waals surface area contributed by atoms with E-state index < -0.39 is 11.9 Å². The van der Waals surface area contributed by atoms with Gasteiger partial charge in [-0.2, -0.15) is 0 Å². The first-order valence-electron chi connectivity index (χ1n) is 7.77. The Morgan fingerprint density at radius 3 is 2.65 bits per heavy atom. The van der Waals surface area contributed by atoms with Gasteiger partial charge in [-0.15, -0.1) is 0 Å². The Balaban J connectivity index is 1.64. The zero-order valence-electron chi connectivity index (χ0n) is 12.6. The summed E-state index contributed by atoms with van der Waals surface area (Å²) in [6.07, 6.45) is 2.58. The molecule has 0 radical (unpaired) electrons. The Kier molecular flexibility index (Phi) is 3.18. The highest BCUT2D eigenvalue weighted by Gasteiger charge is 2.36. The van der Waals surface area contributed by atoms with Crippen molar-refractivity contribution in [1.82, 2.24) is 10.1 Å². The highest BCUT2D eigenvalue weighted by molar-refractivity contribution is 5.96. The molecule has 1 atom stereocenters. The SMILES string of the molecule is NC(=O)[C@@H]1Cc2ccccc2CN1C(=O)c1cc(C2CC2)on1. The number of carbonyl (C=O) groups is 2. The molecule has 2 heterocycles. The van der Waals surface area contributed by atoms with Crippen molar-refractivity contribution in [2.75, 3.05) is 0 Å². The number of hydrogen-bond acceptors (Lipinski definition) is 4. The van der Waals surface area contributed by atoms with Crippen LogP contribution in [0.3, 0.4) is 0 Å². The number of fused-ring (bicyclic) bond motifs is 1. The highest BCUT2D eigenvalue weighted by Crippen LogP contribution is 2.40. The summed E-state index contributed by atoms with van der Waals surface area (Å²) in [5.74, 6) is 0.331. The number of nitrogens with zero attached hydrogens (tertiary/aromatic N) is 2. The minimum atomic E-state index is -0.654. The lowest BCUT2D eigenvalue weighted by Gasteiger charge is -2.34. The van der Waals surface area contributed by atoms with E-state index in [1.54, 1.807) is 6.07 Å². The predicted molar refractivity (Wildman–Crippen MR) is 81.5 cm³/mol. The Bertz CT molecular complexity index is 779. The molecule has 1 fully saturated rings. The molecule has 0 spiro atoms. The normalized spacial score (nSPS) is 20.2.